The van der Waals surface area contributed by atoms with Gasteiger partial charge in [0, 0.05) is 0 Å². The Morgan fingerprint density at radius 2 is 2.05 bits per heavy atom. The van der Waals surface area contributed by atoms with E-state index < -0.39 is 0 Å². The van der Waals surface area contributed by atoms with Gasteiger partial charge in [-0.2, -0.15) is 0 Å². The van der Waals surface area contributed by atoms with E-state index in [-0.39, 0.29) is 11.9 Å². The van der Waals surface area contributed by atoms with Crippen LogP contribution < -0.4 is 10.6 Å². The van der Waals surface area contributed by atoms with Gasteiger partial charge in [-0.05, 0) is 44.1 Å². The molecule has 21 heavy (non-hydrogen) atoms. The zero-order valence-corrected chi connectivity index (χ0v) is 12.7. The third-order valence-corrected chi connectivity index (χ3v) is 4.77. The minimum Gasteiger partial charge on any atom is -0.305 e. The highest BCUT2D eigenvalue weighted by molar-refractivity contribution is 5.93. The zero-order chi connectivity index (χ0) is 14.8. The van der Waals surface area contributed by atoms with E-state index in [1.165, 1.54) is 12.8 Å². The maximum Gasteiger partial charge on any atom is 0.249 e. The molecule has 1 aromatic heterocycles. The zero-order valence-electron chi connectivity index (χ0n) is 12.7. The molecule has 3 unspecified atom stereocenters. The SMILES string of the molecule is CCc1nnc(NC(=O)C2NCC3CCCC32)nc1CC. The first kappa shape index (κ1) is 14.4. The summed E-state index contributed by atoms with van der Waals surface area (Å²) in [7, 11) is 0. The molecule has 1 saturated heterocycles. The van der Waals surface area contributed by atoms with Crippen molar-refractivity contribution in [1.29, 1.82) is 0 Å². The van der Waals surface area contributed by atoms with Gasteiger partial charge in [0.05, 0.1) is 17.4 Å². The van der Waals surface area contributed by atoms with Gasteiger partial charge in [0.25, 0.3) is 0 Å². The molecule has 3 rings (SSSR count). The van der Waals surface area contributed by atoms with Crippen LogP contribution >= 0.6 is 0 Å². The highest BCUT2D eigenvalue weighted by Crippen LogP contribution is 2.37. The van der Waals surface area contributed by atoms with E-state index in [0.29, 0.717) is 17.8 Å². The third-order valence-electron chi connectivity index (χ3n) is 4.77. The Kier molecular flexibility index (Phi) is 4.14. The number of amides is 1. The van der Waals surface area contributed by atoms with Crippen LogP contribution in [-0.2, 0) is 17.6 Å². The second-order valence-corrected chi connectivity index (χ2v) is 5.97. The standard InChI is InChI=1S/C15H23N5O/c1-3-11-12(4-2)19-20-15(17-11)18-14(21)13-10-7-5-6-9(10)8-16-13/h9-10,13,16H,3-8H2,1-2H3,(H,17,18,20,21). The Morgan fingerprint density at radius 3 is 2.81 bits per heavy atom. The van der Waals surface area contributed by atoms with E-state index in [0.717, 1.165) is 37.2 Å². The largest absolute Gasteiger partial charge is 0.305 e. The molecule has 0 aromatic carbocycles. The fourth-order valence-electron chi connectivity index (χ4n) is 3.65. The van der Waals surface area contributed by atoms with Gasteiger partial charge in [-0.15, -0.1) is 10.2 Å². The van der Waals surface area contributed by atoms with Crippen LogP contribution in [0.1, 0.15) is 44.5 Å². The summed E-state index contributed by atoms with van der Waals surface area (Å²) in [6.45, 7) is 5.03. The molecule has 114 valence electrons. The summed E-state index contributed by atoms with van der Waals surface area (Å²) in [5.74, 6) is 1.45. The fourth-order valence-corrected chi connectivity index (χ4v) is 3.65. The quantitative estimate of drug-likeness (QED) is 0.874. The molecular formula is C15H23N5O. The van der Waals surface area contributed by atoms with Gasteiger partial charge >= 0.3 is 0 Å². The van der Waals surface area contributed by atoms with Crippen molar-refractivity contribution in [3.05, 3.63) is 11.4 Å². The molecule has 0 radical (unpaired) electrons. The molecular weight excluding hydrogens is 266 g/mol. The summed E-state index contributed by atoms with van der Waals surface area (Å²) < 4.78 is 0. The lowest BCUT2D eigenvalue weighted by Crippen LogP contribution is -2.40. The molecule has 1 saturated carbocycles. The molecule has 2 N–H and O–H groups in total. The predicted molar refractivity (Wildman–Crippen MR) is 79.8 cm³/mol. The Bertz CT molecular complexity index is 533. The molecule has 2 aliphatic rings. The van der Waals surface area contributed by atoms with Crippen LogP contribution in [0.25, 0.3) is 0 Å². The first-order valence-corrected chi connectivity index (χ1v) is 7.99. The Hall–Kier alpha value is -1.56. The van der Waals surface area contributed by atoms with Crippen LogP contribution in [0.4, 0.5) is 5.95 Å². The number of nitrogens with one attached hydrogen (secondary N) is 2. The normalized spacial score (nSPS) is 27.6. The average molecular weight is 289 g/mol. The third kappa shape index (κ3) is 2.77. The summed E-state index contributed by atoms with van der Waals surface area (Å²) in [6, 6.07) is -0.1000. The van der Waals surface area contributed by atoms with Crippen molar-refractivity contribution in [2.75, 3.05) is 11.9 Å². The predicted octanol–water partition coefficient (Wildman–Crippen LogP) is 1.32. The van der Waals surface area contributed by atoms with Crippen LogP contribution in [0.5, 0.6) is 0 Å². The molecule has 0 bridgehead atoms. The lowest BCUT2D eigenvalue weighted by molar-refractivity contribution is -0.118. The van der Waals surface area contributed by atoms with Crippen molar-refractivity contribution >= 4 is 11.9 Å². The Morgan fingerprint density at radius 1 is 1.24 bits per heavy atom. The lowest BCUT2D eigenvalue weighted by atomic mass is 9.94. The van der Waals surface area contributed by atoms with Crippen LogP contribution in [0.15, 0.2) is 0 Å². The van der Waals surface area contributed by atoms with Crippen molar-refractivity contribution in [3.63, 3.8) is 0 Å². The van der Waals surface area contributed by atoms with Gasteiger partial charge in [-0.25, -0.2) is 4.98 Å². The molecule has 1 amide bonds. The van der Waals surface area contributed by atoms with Gasteiger partial charge < -0.3 is 5.32 Å². The summed E-state index contributed by atoms with van der Waals surface area (Å²) in [5, 5.41) is 14.4. The summed E-state index contributed by atoms with van der Waals surface area (Å²) in [5.41, 5.74) is 1.83. The summed E-state index contributed by atoms with van der Waals surface area (Å²) >= 11 is 0. The van der Waals surface area contributed by atoms with E-state index in [2.05, 4.69) is 25.8 Å². The number of aryl methyl sites for hydroxylation is 2. The van der Waals surface area contributed by atoms with Crippen LogP contribution in [0.2, 0.25) is 0 Å². The number of carbonyl (C=O) groups is 1. The molecule has 1 aromatic rings. The maximum absolute atomic E-state index is 12.4. The number of nitrogens with zero attached hydrogens (tertiary/aromatic N) is 3. The first-order chi connectivity index (χ1) is 10.2. The van der Waals surface area contributed by atoms with Gasteiger partial charge in [-0.1, -0.05) is 20.3 Å². The smallest absolute Gasteiger partial charge is 0.249 e. The van der Waals surface area contributed by atoms with Crippen LogP contribution in [0, 0.1) is 11.8 Å². The van der Waals surface area contributed by atoms with E-state index in [4.69, 9.17) is 0 Å². The fraction of sp³-hybridized carbons (Fsp3) is 0.733. The van der Waals surface area contributed by atoms with Crippen molar-refractivity contribution < 1.29 is 4.79 Å². The van der Waals surface area contributed by atoms with Crippen LogP contribution in [0.3, 0.4) is 0 Å². The minimum absolute atomic E-state index is 0.0162. The first-order valence-electron chi connectivity index (χ1n) is 7.99. The molecule has 6 nitrogen and oxygen atoms in total. The maximum atomic E-state index is 12.4. The molecule has 1 aliphatic heterocycles. The number of aromatic nitrogens is 3. The molecule has 0 spiro atoms. The van der Waals surface area contributed by atoms with Gasteiger partial charge in [0.1, 0.15) is 0 Å². The second-order valence-electron chi connectivity index (χ2n) is 5.97. The molecule has 2 heterocycles. The molecule has 2 fully saturated rings. The van der Waals surface area contributed by atoms with Crippen molar-refractivity contribution in [1.82, 2.24) is 20.5 Å². The molecule has 6 heteroatoms. The second kappa shape index (κ2) is 6.05. The van der Waals surface area contributed by atoms with E-state index in [9.17, 15) is 4.79 Å². The number of anilines is 1. The summed E-state index contributed by atoms with van der Waals surface area (Å²) in [6.07, 6.45) is 5.23. The molecule has 3 atom stereocenters. The number of carbonyl (C=O) groups excluding carboxylic acids is 1. The monoisotopic (exact) mass is 289 g/mol. The lowest BCUT2D eigenvalue weighted by Gasteiger charge is -2.17. The van der Waals surface area contributed by atoms with E-state index in [1.807, 2.05) is 13.8 Å². The summed E-state index contributed by atoms with van der Waals surface area (Å²) in [4.78, 5) is 16.9. The Labute approximate surface area is 125 Å². The number of hydrogen-bond acceptors (Lipinski definition) is 5. The average Bonchev–Trinajstić information content (AvgIpc) is 3.09. The van der Waals surface area contributed by atoms with Crippen LogP contribution in [-0.4, -0.2) is 33.7 Å². The number of hydrogen-bond donors (Lipinski definition) is 2. The minimum atomic E-state index is -0.1000. The highest BCUT2D eigenvalue weighted by atomic mass is 16.2. The van der Waals surface area contributed by atoms with E-state index >= 15 is 0 Å². The van der Waals surface area contributed by atoms with Gasteiger partial charge in [-0.3, -0.25) is 10.1 Å². The van der Waals surface area contributed by atoms with Gasteiger partial charge in [0.15, 0.2) is 0 Å². The number of fused-ring (bicyclic) bond motifs is 1. The molecule has 1 aliphatic carbocycles. The van der Waals surface area contributed by atoms with Crippen molar-refractivity contribution in [2.24, 2.45) is 11.8 Å². The highest BCUT2D eigenvalue weighted by Gasteiger charge is 2.42. The van der Waals surface area contributed by atoms with Crippen molar-refractivity contribution in [3.8, 4) is 0 Å². The topological polar surface area (TPSA) is 79.8 Å². The van der Waals surface area contributed by atoms with Crippen molar-refractivity contribution in [2.45, 2.75) is 52.0 Å². The number of rotatable bonds is 4. The Balaban J connectivity index is 1.70. The van der Waals surface area contributed by atoms with Gasteiger partial charge in [0.2, 0.25) is 11.9 Å². The van der Waals surface area contributed by atoms with E-state index in [1.54, 1.807) is 0 Å².